The maximum absolute atomic E-state index is 12.8. The first-order valence-electron chi connectivity index (χ1n) is 5.45. The molecule has 0 saturated heterocycles. The molecule has 1 amide bonds. The van der Waals surface area contributed by atoms with Crippen LogP contribution in [0.25, 0.3) is 0 Å². The first kappa shape index (κ1) is 16.4. The van der Waals surface area contributed by atoms with Crippen molar-refractivity contribution in [3.05, 3.63) is 16.5 Å². The van der Waals surface area contributed by atoms with Crippen LogP contribution in [-0.4, -0.2) is 30.8 Å². The van der Waals surface area contributed by atoms with Crippen molar-refractivity contribution in [1.82, 2.24) is 0 Å². The largest absolute Gasteiger partial charge is 0.462 e. The van der Waals surface area contributed by atoms with E-state index in [1.165, 1.54) is 6.07 Å². The lowest BCUT2D eigenvalue weighted by molar-refractivity contribution is -0.163. The Morgan fingerprint density at radius 3 is 2.55 bits per heavy atom. The van der Waals surface area contributed by atoms with Gasteiger partial charge in [0.05, 0.1) is 12.2 Å². The molecule has 0 atom stereocenters. The van der Waals surface area contributed by atoms with Gasteiger partial charge in [-0.05, 0) is 19.9 Å². The van der Waals surface area contributed by atoms with Gasteiger partial charge in [-0.15, -0.1) is 11.3 Å². The molecule has 0 unspecified atom stereocenters. The van der Waals surface area contributed by atoms with E-state index < -0.39 is 24.2 Å². The van der Waals surface area contributed by atoms with Crippen molar-refractivity contribution in [1.29, 1.82) is 0 Å². The number of aryl methyl sites for hydroxylation is 1. The minimum atomic E-state index is -4.83. The maximum atomic E-state index is 12.8. The molecule has 0 aliphatic heterocycles. The summed E-state index contributed by atoms with van der Waals surface area (Å²) in [5.74, 6) is -7.82. The fourth-order valence-electron chi connectivity index (χ4n) is 1.25. The number of halogens is 4. The van der Waals surface area contributed by atoms with Crippen LogP contribution in [0.5, 0.6) is 0 Å². The number of amides is 1. The molecular formula is C11H11F4NO3S. The molecule has 112 valence electrons. The minimum Gasteiger partial charge on any atom is -0.462 e. The number of carbonyl (C=O) groups is 2. The van der Waals surface area contributed by atoms with E-state index in [1.807, 2.05) is 0 Å². The molecule has 0 aliphatic carbocycles. The second kappa shape index (κ2) is 6.21. The summed E-state index contributed by atoms with van der Waals surface area (Å²) in [5.41, 5.74) is -0.146. The Labute approximate surface area is 115 Å². The Kier molecular flexibility index (Phi) is 5.09. The Balaban J connectivity index is 2.99. The molecule has 9 heteroatoms. The van der Waals surface area contributed by atoms with Crippen molar-refractivity contribution in [3.8, 4) is 0 Å². The number of hydrogen-bond donors (Lipinski definition) is 1. The zero-order valence-electron chi connectivity index (χ0n) is 10.5. The molecule has 0 saturated carbocycles. The average molecular weight is 313 g/mol. The van der Waals surface area contributed by atoms with Crippen molar-refractivity contribution in [2.45, 2.75) is 26.2 Å². The number of thiophene rings is 1. The molecular weight excluding hydrogens is 302 g/mol. The fourth-order valence-corrected chi connectivity index (χ4v) is 2.15. The van der Waals surface area contributed by atoms with Gasteiger partial charge in [0, 0.05) is 4.88 Å². The number of rotatable bonds is 5. The summed E-state index contributed by atoms with van der Waals surface area (Å²) in [6.07, 6.45) is -4.13. The van der Waals surface area contributed by atoms with E-state index in [-0.39, 0.29) is 17.2 Å². The second-order valence-electron chi connectivity index (χ2n) is 3.70. The van der Waals surface area contributed by atoms with Crippen LogP contribution in [0.15, 0.2) is 6.07 Å². The van der Waals surface area contributed by atoms with E-state index in [0.717, 1.165) is 11.3 Å². The molecule has 0 aromatic carbocycles. The Bertz CT molecular complexity index is 516. The molecule has 1 heterocycles. The van der Waals surface area contributed by atoms with E-state index in [1.54, 1.807) is 19.2 Å². The lowest BCUT2D eigenvalue weighted by Gasteiger charge is -2.14. The van der Waals surface area contributed by atoms with Crippen LogP contribution in [0.4, 0.5) is 22.6 Å². The second-order valence-corrected chi connectivity index (χ2v) is 4.95. The van der Waals surface area contributed by atoms with Crippen LogP contribution >= 0.6 is 11.3 Å². The number of nitrogens with one attached hydrogen (secondary N) is 1. The molecule has 0 bridgehead atoms. The summed E-state index contributed by atoms with van der Waals surface area (Å²) < 4.78 is 54.5. The van der Waals surface area contributed by atoms with E-state index in [4.69, 9.17) is 0 Å². The lowest BCUT2D eigenvalue weighted by Crippen LogP contribution is -2.41. The molecule has 4 nitrogen and oxygen atoms in total. The quantitative estimate of drug-likeness (QED) is 0.671. The van der Waals surface area contributed by atoms with Gasteiger partial charge < -0.3 is 10.1 Å². The van der Waals surface area contributed by atoms with Gasteiger partial charge in [0.25, 0.3) is 0 Å². The number of alkyl halides is 4. The molecule has 0 aliphatic rings. The van der Waals surface area contributed by atoms with Crippen LogP contribution in [0.2, 0.25) is 0 Å². The molecule has 1 aromatic heterocycles. The van der Waals surface area contributed by atoms with Crippen molar-refractivity contribution >= 4 is 28.2 Å². The van der Waals surface area contributed by atoms with Gasteiger partial charge in [-0.25, -0.2) is 13.6 Å². The normalized spacial score (nSPS) is 11.6. The van der Waals surface area contributed by atoms with Gasteiger partial charge in [-0.2, -0.15) is 8.78 Å². The molecule has 0 radical (unpaired) electrons. The highest BCUT2D eigenvalue weighted by Crippen LogP contribution is 2.31. The summed E-state index contributed by atoms with van der Waals surface area (Å²) in [5, 5.41) is 1.40. The van der Waals surface area contributed by atoms with Crippen molar-refractivity contribution < 1.29 is 31.9 Å². The zero-order chi connectivity index (χ0) is 15.5. The lowest BCUT2D eigenvalue weighted by atomic mass is 10.2. The highest BCUT2D eigenvalue weighted by Gasteiger charge is 2.49. The van der Waals surface area contributed by atoms with Crippen molar-refractivity contribution in [2.24, 2.45) is 0 Å². The topological polar surface area (TPSA) is 55.4 Å². The van der Waals surface area contributed by atoms with Crippen molar-refractivity contribution in [3.63, 3.8) is 0 Å². The Hall–Kier alpha value is -1.64. The summed E-state index contributed by atoms with van der Waals surface area (Å²) >= 11 is 0.814. The number of carbonyl (C=O) groups excluding carboxylic acids is 2. The van der Waals surface area contributed by atoms with E-state index in [2.05, 4.69) is 4.74 Å². The maximum Gasteiger partial charge on any atom is 0.383 e. The van der Waals surface area contributed by atoms with Gasteiger partial charge in [0.15, 0.2) is 0 Å². The van der Waals surface area contributed by atoms with Gasteiger partial charge in [-0.3, -0.25) is 4.79 Å². The zero-order valence-corrected chi connectivity index (χ0v) is 11.3. The fraction of sp³-hybridized carbons (Fsp3) is 0.455. The first-order valence-corrected chi connectivity index (χ1v) is 6.26. The summed E-state index contributed by atoms with van der Waals surface area (Å²) in [4.78, 5) is 23.2. The highest BCUT2D eigenvalue weighted by atomic mass is 32.1. The van der Waals surface area contributed by atoms with Crippen molar-refractivity contribution in [2.75, 3.05) is 11.9 Å². The van der Waals surface area contributed by atoms with E-state index in [0.29, 0.717) is 4.88 Å². The highest BCUT2D eigenvalue weighted by molar-refractivity contribution is 7.16. The first-order chi connectivity index (χ1) is 9.20. The standard InChI is InChI=1S/C11H11F4NO3S/c1-3-19-8(17)6-4-5(2)20-7(6)16-10(18)11(14,15)9(12)13/h4,9H,3H2,1-2H3,(H,16,18). The summed E-state index contributed by atoms with van der Waals surface area (Å²) in [7, 11) is 0. The van der Waals surface area contributed by atoms with E-state index >= 15 is 0 Å². The molecule has 0 spiro atoms. The van der Waals surface area contributed by atoms with Gasteiger partial charge >= 0.3 is 24.2 Å². The van der Waals surface area contributed by atoms with Crippen LogP contribution in [0.1, 0.15) is 22.2 Å². The molecule has 1 N–H and O–H groups in total. The van der Waals surface area contributed by atoms with Gasteiger partial charge in [0.2, 0.25) is 0 Å². The molecule has 0 fully saturated rings. The number of hydrogen-bond acceptors (Lipinski definition) is 4. The van der Waals surface area contributed by atoms with Gasteiger partial charge in [0.1, 0.15) is 5.00 Å². The Morgan fingerprint density at radius 1 is 1.45 bits per heavy atom. The third kappa shape index (κ3) is 3.47. The molecule has 20 heavy (non-hydrogen) atoms. The van der Waals surface area contributed by atoms with Crippen LogP contribution in [0, 0.1) is 6.92 Å². The monoisotopic (exact) mass is 313 g/mol. The van der Waals surface area contributed by atoms with Crippen LogP contribution in [-0.2, 0) is 9.53 Å². The summed E-state index contributed by atoms with van der Waals surface area (Å²) in [6, 6.07) is 1.32. The molecule has 1 aromatic rings. The number of esters is 1. The number of anilines is 1. The van der Waals surface area contributed by atoms with Crippen LogP contribution < -0.4 is 5.32 Å². The van der Waals surface area contributed by atoms with Crippen LogP contribution in [0.3, 0.4) is 0 Å². The minimum absolute atomic E-state index is 0.0499. The third-order valence-electron chi connectivity index (χ3n) is 2.15. The van der Waals surface area contributed by atoms with Gasteiger partial charge in [-0.1, -0.05) is 0 Å². The summed E-state index contributed by atoms with van der Waals surface area (Å²) in [6.45, 7) is 3.16. The van der Waals surface area contributed by atoms with E-state index in [9.17, 15) is 27.2 Å². The number of ether oxygens (including phenoxy) is 1. The smallest absolute Gasteiger partial charge is 0.383 e. The average Bonchev–Trinajstić information content (AvgIpc) is 2.70. The third-order valence-corrected chi connectivity index (χ3v) is 3.12. The SMILES string of the molecule is CCOC(=O)c1cc(C)sc1NC(=O)C(F)(F)C(F)F. The predicted molar refractivity (Wildman–Crippen MR) is 64.6 cm³/mol. The predicted octanol–water partition coefficient (Wildman–Crippen LogP) is 3.07. The molecule has 1 rings (SSSR count). The Morgan fingerprint density at radius 2 is 2.05 bits per heavy atom.